The van der Waals surface area contributed by atoms with E-state index in [2.05, 4.69) is 16.5 Å². The van der Waals surface area contributed by atoms with Gasteiger partial charge >= 0.3 is 63.2 Å². The van der Waals surface area contributed by atoms with Crippen LogP contribution < -0.4 is 0 Å². The Balaban J connectivity index is 4.15. The summed E-state index contributed by atoms with van der Waals surface area (Å²) in [6.45, 7) is -0.180. The van der Waals surface area contributed by atoms with E-state index in [1.165, 1.54) is 0 Å². The van der Waals surface area contributed by atoms with E-state index < -0.39 is 69.8 Å². The Morgan fingerprint density at radius 3 is 0.935 bits per heavy atom. The smallest absolute Gasteiger partial charge is 0.410 e. The first-order valence-electron chi connectivity index (χ1n) is 7.22. The molecule has 0 aromatic rings. The Morgan fingerprint density at radius 2 is 0.677 bits per heavy atom. The molecule has 31 heavy (non-hydrogen) atoms. The highest BCUT2D eigenvalue weighted by Gasteiger charge is 2.93. The summed E-state index contributed by atoms with van der Waals surface area (Å²) in [7, 11) is -30.1. The summed E-state index contributed by atoms with van der Waals surface area (Å²) in [6, 6.07) is 0. The fourth-order valence-electron chi connectivity index (χ4n) is 2.28. The quantitative estimate of drug-likeness (QED) is 0.297. The molecule has 0 spiro atoms. The SMILES string of the molecule is C[Si]1(C)O[Si](C)(C(F)(F)F)O[Si](C(F)(F)F)(C(F)(F)F)O[Si](C(F)(F)F)(C(F)(F)F)O1. The molecular formula is C8H9F15O4Si4. The number of halogens is 15. The van der Waals surface area contributed by atoms with Crippen molar-refractivity contribution in [2.45, 2.75) is 48.6 Å². The molecule has 0 aliphatic carbocycles. The number of hydrogen-bond donors (Lipinski definition) is 0. The normalized spacial score (nSPS) is 28.1. The summed E-state index contributed by atoms with van der Waals surface area (Å²) < 4.78 is 214. The standard InChI is InChI=1S/C8H9F15O4Si4/c1-28(2)24-29(3,4(9,10)11)26-31(7(18,19)20,8(21,22)23)27-30(25-28,5(12,13)14)6(15,16)17/h1-3H3. The molecule has 1 atom stereocenters. The zero-order valence-corrected chi connectivity index (χ0v) is 18.8. The predicted molar refractivity (Wildman–Crippen MR) is 75.2 cm³/mol. The van der Waals surface area contributed by atoms with Crippen LogP contribution in [0.1, 0.15) is 0 Å². The third-order valence-electron chi connectivity index (χ3n) is 3.46. The Bertz CT molecular complexity index is 651. The van der Waals surface area contributed by atoms with Crippen molar-refractivity contribution in [1.82, 2.24) is 0 Å². The maximum Gasteiger partial charge on any atom is 0.557 e. The first-order valence-corrected chi connectivity index (χ1v) is 16.0. The first-order chi connectivity index (χ1) is 13.1. The molecular weight excluding hydrogens is 557 g/mol. The summed E-state index contributed by atoms with van der Waals surface area (Å²) in [4.78, 5) is 0. The summed E-state index contributed by atoms with van der Waals surface area (Å²) in [6.07, 6.45) is 0. The molecule has 23 heteroatoms. The second-order valence-corrected chi connectivity index (χ2v) is 19.7. The van der Waals surface area contributed by atoms with Crippen LogP contribution in [0.4, 0.5) is 65.9 Å². The monoisotopic (exact) mass is 566 g/mol. The Kier molecular flexibility index (Phi) is 6.78. The minimum atomic E-state index is -9.10. The Morgan fingerprint density at radius 1 is 0.387 bits per heavy atom. The summed E-state index contributed by atoms with van der Waals surface area (Å²) >= 11 is 0. The Labute approximate surface area is 166 Å². The lowest BCUT2D eigenvalue weighted by molar-refractivity contribution is -0.186. The topological polar surface area (TPSA) is 36.9 Å². The second kappa shape index (κ2) is 7.33. The van der Waals surface area contributed by atoms with E-state index in [9.17, 15) is 65.9 Å². The molecule has 0 bridgehead atoms. The molecule has 186 valence electrons. The average Bonchev–Trinajstić information content (AvgIpc) is 2.36. The van der Waals surface area contributed by atoms with Gasteiger partial charge in [0.05, 0.1) is 0 Å². The zero-order valence-electron chi connectivity index (χ0n) is 14.8. The van der Waals surface area contributed by atoms with Crippen molar-refractivity contribution in [2.75, 3.05) is 0 Å². The van der Waals surface area contributed by atoms with Gasteiger partial charge in [0.1, 0.15) is 0 Å². The van der Waals surface area contributed by atoms with Crippen LogP contribution in [0.25, 0.3) is 0 Å². The van der Waals surface area contributed by atoms with Gasteiger partial charge in [-0.15, -0.1) is 0 Å². The van der Waals surface area contributed by atoms with Crippen molar-refractivity contribution < 1.29 is 82.3 Å². The van der Waals surface area contributed by atoms with Gasteiger partial charge in [0.2, 0.25) is 0 Å². The van der Waals surface area contributed by atoms with Gasteiger partial charge in [-0.2, -0.15) is 65.9 Å². The van der Waals surface area contributed by atoms with Crippen molar-refractivity contribution >= 4 is 34.2 Å². The molecule has 4 nitrogen and oxygen atoms in total. The zero-order chi connectivity index (χ0) is 25.3. The van der Waals surface area contributed by atoms with Gasteiger partial charge in [0, 0.05) is 0 Å². The van der Waals surface area contributed by atoms with Gasteiger partial charge < -0.3 is 16.5 Å². The van der Waals surface area contributed by atoms with E-state index >= 15 is 0 Å². The van der Waals surface area contributed by atoms with E-state index in [1.54, 1.807) is 0 Å². The van der Waals surface area contributed by atoms with E-state index in [-0.39, 0.29) is 13.1 Å². The van der Waals surface area contributed by atoms with Crippen molar-refractivity contribution in [1.29, 1.82) is 0 Å². The fraction of sp³-hybridized carbons (Fsp3) is 1.00. The number of alkyl halides is 15. The second-order valence-electron chi connectivity index (χ2n) is 6.48. The molecule has 0 radical (unpaired) electrons. The minimum absolute atomic E-state index is 0.131. The van der Waals surface area contributed by atoms with Crippen LogP contribution in [-0.4, -0.2) is 63.2 Å². The van der Waals surface area contributed by atoms with Gasteiger partial charge in [-0.1, -0.05) is 0 Å². The van der Waals surface area contributed by atoms with Crippen molar-refractivity contribution in [3.05, 3.63) is 0 Å². The molecule has 0 N–H and O–H groups in total. The first kappa shape index (κ1) is 28.7. The van der Waals surface area contributed by atoms with Crippen molar-refractivity contribution in [3.63, 3.8) is 0 Å². The molecule has 1 aliphatic heterocycles. The van der Waals surface area contributed by atoms with Crippen LogP contribution in [0.15, 0.2) is 0 Å². The third-order valence-corrected chi connectivity index (χ3v) is 19.1. The maximum absolute atomic E-state index is 13.4. The predicted octanol–water partition coefficient (Wildman–Crippen LogP) is 5.23. The lowest BCUT2D eigenvalue weighted by Gasteiger charge is -2.50. The number of rotatable bonds is 0. The molecule has 1 unspecified atom stereocenters. The highest BCUT2D eigenvalue weighted by Crippen LogP contribution is 2.55. The van der Waals surface area contributed by atoms with Crippen LogP contribution in [0.3, 0.4) is 0 Å². The molecule has 0 saturated carbocycles. The highest BCUT2D eigenvalue weighted by molar-refractivity contribution is 6.96. The van der Waals surface area contributed by atoms with Gasteiger partial charge in [-0.05, 0) is 19.6 Å². The average molecular weight is 566 g/mol. The van der Waals surface area contributed by atoms with Gasteiger partial charge in [0.25, 0.3) is 0 Å². The largest absolute Gasteiger partial charge is 0.557 e. The van der Waals surface area contributed by atoms with Crippen LogP contribution in [0.2, 0.25) is 19.6 Å². The van der Waals surface area contributed by atoms with Crippen LogP contribution in [-0.2, 0) is 16.5 Å². The molecule has 1 aliphatic rings. The van der Waals surface area contributed by atoms with E-state index in [4.69, 9.17) is 0 Å². The summed E-state index contributed by atoms with van der Waals surface area (Å²) in [5, 5.41) is 0. The molecule has 1 fully saturated rings. The highest BCUT2D eigenvalue weighted by atomic mass is 28.5. The lowest BCUT2D eigenvalue weighted by atomic mass is 11.5. The summed E-state index contributed by atoms with van der Waals surface area (Å²) in [5.74, 6) is -34.8. The molecule has 1 rings (SSSR count). The van der Waals surface area contributed by atoms with Gasteiger partial charge in [-0.25, -0.2) is 0 Å². The van der Waals surface area contributed by atoms with Gasteiger partial charge in [-0.3, -0.25) is 0 Å². The van der Waals surface area contributed by atoms with Crippen LogP contribution >= 0.6 is 0 Å². The molecule has 0 aromatic heterocycles. The van der Waals surface area contributed by atoms with E-state index in [1.807, 2.05) is 0 Å². The van der Waals surface area contributed by atoms with Crippen LogP contribution in [0, 0.1) is 0 Å². The summed E-state index contributed by atoms with van der Waals surface area (Å²) in [5.41, 5.74) is 0. The third kappa shape index (κ3) is 4.81. The van der Waals surface area contributed by atoms with E-state index in [0.717, 1.165) is 0 Å². The minimum Gasteiger partial charge on any atom is -0.410 e. The van der Waals surface area contributed by atoms with E-state index in [0.29, 0.717) is 0 Å². The van der Waals surface area contributed by atoms with Crippen molar-refractivity contribution in [3.8, 4) is 0 Å². The van der Waals surface area contributed by atoms with Gasteiger partial charge in [0.15, 0.2) is 0 Å². The van der Waals surface area contributed by atoms with Crippen LogP contribution in [0.5, 0.6) is 0 Å². The molecule has 1 saturated heterocycles. The number of hydrogen-bond acceptors (Lipinski definition) is 4. The Hall–Kier alpha value is -0.342. The molecule has 1 heterocycles. The maximum atomic E-state index is 13.4. The van der Waals surface area contributed by atoms with Crippen molar-refractivity contribution in [2.24, 2.45) is 0 Å². The molecule has 0 aromatic carbocycles. The fourth-order valence-corrected chi connectivity index (χ4v) is 20.0. The lowest BCUT2D eigenvalue weighted by Crippen LogP contribution is -2.84. The molecule has 0 amide bonds.